The Morgan fingerprint density at radius 3 is 2.68 bits per heavy atom. The molecule has 1 fully saturated rings. The Labute approximate surface area is 129 Å². The van der Waals surface area contributed by atoms with E-state index in [0.29, 0.717) is 11.7 Å². The molecule has 1 aromatic heterocycles. The lowest BCUT2D eigenvalue weighted by Gasteiger charge is -2.17. The molecule has 0 aliphatic heterocycles. The number of carbonyl (C=O) groups excluding carboxylic acids is 1. The fourth-order valence-electron chi connectivity index (χ4n) is 2.46. The summed E-state index contributed by atoms with van der Waals surface area (Å²) >= 11 is 0. The number of nitrogens with one attached hydrogen (secondary N) is 1. The molecule has 0 spiro atoms. The fourth-order valence-corrected chi connectivity index (χ4v) is 2.46. The first kappa shape index (κ1) is 14.5. The van der Waals surface area contributed by atoms with Crippen molar-refractivity contribution in [2.45, 2.75) is 32.2 Å². The maximum absolute atomic E-state index is 12.3. The highest BCUT2D eigenvalue weighted by Gasteiger charge is 2.35. The van der Waals surface area contributed by atoms with Crippen LogP contribution in [0.1, 0.15) is 36.0 Å². The molecule has 1 heterocycles. The van der Waals surface area contributed by atoms with Crippen molar-refractivity contribution in [2.24, 2.45) is 5.92 Å². The Bertz CT molecular complexity index is 666. The van der Waals surface area contributed by atoms with Gasteiger partial charge in [0.05, 0.1) is 12.5 Å². The summed E-state index contributed by atoms with van der Waals surface area (Å²) in [6, 6.07) is 8.43. The van der Waals surface area contributed by atoms with Gasteiger partial charge < -0.3 is 10.4 Å². The third kappa shape index (κ3) is 3.61. The Hall–Kier alpha value is -2.43. The van der Waals surface area contributed by atoms with E-state index in [1.807, 2.05) is 13.0 Å². The smallest absolute Gasteiger partial charge is 0.225 e. The Balaban J connectivity index is 1.68. The molecule has 1 aromatic carbocycles. The molecule has 1 atom stereocenters. The molecule has 0 radical (unpaired) electrons. The van der Waals surface area contributed by atoms with E-state index >= 15 is 0 Å². The van der Waals surface area contributed by atoms with Gasteiger partial charge in [0.25, 0.3) is 0 Å². The molecule has 1 aliphatic carbocycles. The molecule has 22 heavy (non-hydrogen) atoms. The lowest BCUT2D eigenvalue weighted by atomic mass is 10.1. The number of phenols is 1. The number of nitrogens with zero attached hydrogens (tertiary/aromatic N) is 2. The van der Waals surface area contributed by atoms with Gasteiger partial charge in [-0.25, -0.2) is 9.97 Å². The van der Waals surface area contributed by atoms with E-state index in [0.717, 1.165) is 24.1 Å². The molecule has 114 valence electrons. The van der Waals surface area contributed by atoms with Crippen LogP contribution in [0.5, 0.6) is 5.75 Å². The molecular formula is C17H19N3O2. The van der Waals surface area contributed by atoms with Gasteiger partial charge in [0.1, 0.15) is 5.75 Å². The van der Waals surface area contributed by atoms with Crippen LogP contribution in [0, 0.1) is 12.8 Å². The first-order valence-corrected chi connectivity index (χ1v) is 7.48. The second-order valence-corrected chi connectivity index (χ2v) is 5.78. The van der Waals surface area contributed by atoms with Gasteiger partial charge >= 0.3 is 0 Å². The average molecular weight is 297 g/mol. The molecule has 3 rings (SSSR count). The van der Waals surface area contributed by atoms with E-state index in [9.17, 15) is 9.90 Å². The normalized spacial score (nSPS) is 15.3. The number of rotatable bonds is 5. The fraction of sp³-hybridized carbons (Fsp3) is 0.353. The third-order valence-electron chi connectivity index (χ3n) is 3.80. The van der Waals surface area contributed by atoms with Crippen LogP contribution in [0.2, 0.25) is 0 Å². The summed E-state index contributed by atoms with van der Waals surface area (Å²) < 4.78 is 0. The maximum Gasteiger partial charge on any atom is 0.225 e. The summed E-state index contributed by atoms with van der Waals surface area (Å²) in [4.78, 5) is 21.0. The number of aromatic hydroxyl groups is 1. The molecule has 2 N–H and O–H groups in total. The molecule has 1 saturated carbocycles. The number of aromatic nitrogens is 2. The van der Waals surface area contributed by atoms with Crippen LogP contribution >= 0.6 is 0 Å². The zero-order chi connectivity index (χ0) is 15.5. The van der Waals surface area contributed by atoms with Crippen LogP contribution < -0.4 is 5.32 Å². The van der Waals surface area contributed by atoms with Crippen molar-refractivity contribution in [3.05, 3.63) is 53.6 Å². The topological polar surface area (TPSA) is 75.1 Å². The highest BCUT2D eigenvalue weighted by molar-refractivity contribution is 5.79. The second-order valence-electron chi connectivity index (χ2n) is 5.78. The van der Waals surface area contributed by atoms with Crippen LogP contribution in [0.4, 0.5) is 0 Å². The van der Waals surface area contributed by atoms with Crippen LogP contribution in [-0.4, -0.2) is 21.0 Å². The van der Waals surface area contributed by atoms with Gasteiger partial charge in [0.2, 0.25) is 5.91 Å². The minimum absolute atomic E-state index is 0.0484. The number of benzene rings is 1. The molecule has 5 nitrogen and oxygen atoms in total. The Morgan fingerprint density at radius 1 is 1.32 bits per heavy atom. The zero-order valence-corrected chi connectivity index (χ0v) is 12.5. The minimum atomic E-state index is -0.107. The van der Waals surface area contributed by atoms with Crippen molar-refractivity contribution < 1.29 is 9.90 Å². The molecule has 5 heteroatoms. The number of aryl methyl sites for hydroxylation is 1. The molecular weight excluding hydrogens is 278 g/mol. The highest BCUT2D eigenvalue weighted by Crippen LogP contribution is 2.39. The summed E-state index contributed by atoms with van der Waals surface area (Å²) in [6.45, 7) is 1.92. The number of hydrogen-bond donors (Lipinski definition) is 2. The quantitative estimate of drug-likeness (QED) is 0.888. The van der Waals surface area contributed by atoms with Gasteiger partial charge in [-0.3, -0.25) is 4.79 Å². The van der Waals surface area contributed by atoms with Crippen molar-refractivity contribution in [2.75, 3.05) is 0 Å². The van der Waals surface area contributed by atoms with E-state index in [-0.39, 0.29) is 24.1 Å². The Morgan fingerprint density at radius 2 is 2.05 bits per heavy atom. The summed E-state index contributed by atoms with van der Waals surface area (Å²) in [7, 11) is 0. The Kier molecular flexibility index (Phi) is 4.04. The lowest BCUT2D eigenvalue weighted by Crippen LogP contribution is -2.32. The molecule has 0 saturated heterocycles. The summed E-state index contributed by atoms with van der Waals surface area (Å²) in [5.74, 6) is 1.29. The highest BCUT2D eigenvalue weighted by atomic mass is 16.3. The molecule has 1 amide bonds. The van der Waals surface area contributed by atoms with E-state index in [2.05, 4.69) is 15.3 Å². The molecule has 0 unspecified atom stereocenters. The largest absolute Gasteiger partial charge is 0.508 e. The first-order valence-electron chi connectivity index (χ1n) is 7.48. The van der Waals surface area contributed by atoms with Crippen LogP contribution in [0.3, 0.4) is 0 Å². The van der Waals surface area contributed by atoms with Crippen molar-refractivity contribution in [1.29, 1.82) is 0 Å². The van der Waals surface area contributed by atoms with E-state index in [1.165, 1.54) is 0 Å². The zero-order valence-electron chi connectivity index (χ0n) is 12.5. The number of carbonyl (C=O) groups is 1. The summed E-state index contributed by atoms with van der Waals surface area (Å²) in [5, 5.41) is 12.3. The summed E-state index contributed by atoms with van der Waals surface area (Å²) in [6.07, 6.45) is 4.22. The monoisotopic (exact) mass is 297 g/mol. The van der Waals surface area contributed by atoms with Crippen LogP contribution in [-0.2, 0) is 11.2 Å². The second kappa shape index (κ2) is 6.13. The van der Waals surface area contributed by atoms with Gasteiger partial charge in [-0.05, 0) is 49.4 Å². The number of amides is 1. The van der Waals surface area contributed by atoms with Crippen molar-refractivity contribution in [3.63, 3.8) is 0 Å². The van der Waals surface area contributed by atoms with Crippen LogP contribution in [0.15, 0.2) is 36.5 Å². The van der Waals surface area contributed by atoms with E-state index < -0.39 is 0 Å². The average Bonchev–Trinajstić information content (AvgIpc) is 3.32. The van der Waals surface area contributed by atoms with Crippen molar-refractivity contribution >= 4 is 5.91 Å². The van der Waals surface area contributed by atoms with Gasteiger partial charge in [0.15, 0.2) is 5.82 Å². The third-order valence-corrected chi connectivity index (χ3v) is 3.80. The van der Waals surface area contributed by atoms with E-state index in [1.54, 1.807) is 30.5 Å². The van der Waals surface area contributed by atoms with E-state index in [4.69, 9.17) is 0 Å². The van der Waals surface area contributed by atoms with Crippen molar-refractivity contribution in [1.82, 2.24) is 15.3 Å². The summed E-state index contributed by atoms with van der Waals surface area (Å²) in [5.41, 5.74) is 1.78. The molecule has 0 bridgehead atoms. The van der Waals surface area contributed by atoms with Crippen molar-refractivity contribution in [3.8, 4) is 5.75 Å². The predicted octanol–water partition coefficient (Wildman–Crippen LogP) is 2.30. The van der Waals surface area contributed by atoms with Gasteiger partial charge in [-0.15, -0.1) is 0 Å². The first-order chi connectivity index (χ1) is 10.6. The maximum atomic E-state index is 12.3. The molecule has 1 aliphatic rings. The van der Waals surface area contributed by atoms with Crippen LogP contribution in [0.25, 0.3) is 0 Å². The lowest BCUT2D eigenvalue weighted by molar-refractivity contribution is -0.121. The standard InChI is InChI=1S/C17H19N3O2/c1-11-8-9-18-17(19-11)16(13-4-5-13)20-15(22)10-12-2-6-14(21)7-3-12/h2-3,6-9,13,16,21H,4-5,10H2,1H3,(H,20,22)/t16-/m1/s1. The number of hydrogen-bond acceptors (Lipinski definition) is 4. The van der Waals surface area contributed by atoms with Gasteiger partial charge in [-0.1, -0.05) is 12.1 Å². The minimum Gasteiger partial charge on any atom is -0.508 e. The SMILES string of the molecule is Cc1ccnc([C@H](NC(=O)Cc2ccc(O)cc2)C2CC2)n1. The predicted molar refractivity (Wildman–Crippen MR) is 82.2 cm³/mol. The number of phenolic OH excluding ortho intramolecular Hbond substituents is 1. The van der Waals surface area contributed by atoms with Gasteiger partial charge in [-0.2, -0.15) is 0 Å². The van der Waals surface area contributed by atoms with Gasteiger partial charge in [0, 0.05) is 11.9 Å². The molecule has 2 aromatic rings.